The Balaban J connectivity index is 2.05. The number of nitrogens with zero attached hydrogens (tertiary/aromatic N) is 2. The van der Waals surface area contributed by atoms with Crippen LogP contribution in [0, 0.1) is 6.92 Å². The van der Waals surface area contributed by atoms with Gasteiger partial charge in [-0.3, -0.25) is 13.9 Å². The third-order valence-electron chi connectivity index (χ3n) is 6.72. The number of sulfonamides is 1. The number of ether oxygens (including phenoxy) is 1. The Labute approximate surface area is 248 Å². The Kier molecular flexibility index (Phi) is 11.6. The van der Waals surface area contributed by atoms with Gasteiger partial charge in [0.25, 0.3) is 10.0 Å². The zero-order valence-corrected chi connectivity index (χ0v) is 25.5. The Morgan fingerprint density at radius 2 is 1.68 bits per heavy atom. The van der Waals surface area contributed by atoms with Crippen LogP contribution >= 0.6 is 11.6 Å². The molecule has 41 heavy (non-hydrogen) atoms. The van der Waals surface area contributed by atoms with Crippen LogP contribution in [0.4, 0.5) is 5.69 Å². The standard InChI is InChI=1S/C31H38ClN3O5S/c1-5-7-19-33-31(37)28(6-2)34(21-24-11-9-8-10-12-24)30(36)22-35(25-15-18-29(40-4)27(32)20-25)41(38,39)26-16-13-23(3)14-17-26/h8-18,20,28H,5-7,19,21-22H2,1-4H3,(H,33,37)/t28-/m0/s1. The maximum Gasteiger partial charge on any atom is 0.264 e. The molecule has 0 aliphatic heterocycles. The fourth-order valence-corrected chi connectivity index (χ4v) is 6.04. The van der Waals surface area contributed by atoms with Crippen LogP contribution in [0.2, 0.25) is 5.02 Å². The van der Waals surface area contributed by atoms with Gasteiger partial charge in [-0.05, 0) is 55.7 Å². The molecule has 3 rings (SSSR count). The minimum atomic E-state index is -4.19. The lowest BCUT2D eigenvalue weighted by Crippen LogP contribution is -2.52. The van der Waals surface area contributed by atoms with Gasteiger partial charge in [0, 0.05) is 13.1 Å². The van der Waals surface area contributed by atoms with Crippen LogP contribution in [0.5, 0.6) is 5.75 Å². The topological polar surface area (TPSA) is 96.0 Å². The Hall–Kier alpha value is -3.56. The van der Waals surface area contributed by atoms with Gasteiger partial charge in [0.15, 0.2) is 0 Å². The summed E-state index contributed by atoms with van der Waals surface area (Å²) in [5.41, 5.74) is 1.92. The van der Waals surface area contributed by atoms with E-state index < -0.39 is 28.5 Å². The predicted octanol–water partition coefficient (Wildman–Crippen LogP) is 5.58. The molecular formula is C31H38ClN3O5S. The van der Waals surface area contributed by atoms with Gasteiger partial charge in [0.1, 0.15) is 18.3 Å². The van der Waals surface area contributed by atoms with Gasteiger partial charge in [0.2, 0.25) is 11.8 Å². The summed E-state index contributed by atoms with van der Waals surface area (Å²) in [7, 11) is -2.73. The van der Waals surface area contributed by atoms with E-state index in [0.29, 0.717) is 18.7 Å². The van der Waals surface area contributed by atoms with Crippen LogP contribution in [0.25, 0.3) is 0 Å². The highest BCUT2D eigenvalue weighted by atomic mass is 35.5. The highest BCUT2D eigenvalue weighted by Crippen LogP contribution is 2.32. The summed E-state index contributed by atoms with van der Waals surface area (Å²) in [4.78, 5) is 28.8. The van der Waals surface area contributed by atoms with Gasteiger partial charge in [-0.25, -0.2) is 8.42 Å². The van der Waals surface area contributed by atoms with E-state index in [4.69, 9.17) is 16.3 Å². The van der Waals surface area contributed by atoms with Gasteiger partial charge in [0.05, 0.1) is 22.7 Å². The Morgan fingerprint density at radius 3 is 2.27 bits per heavy atom. The number of anilines is 1. The average molecular weight is 600 g/mol. The van der Waals surface area contributed by atoms with Gasteiger partial charge in [-0.2, -0.15) is 0 Å². The van der Waals surface area contributed by atoms with Crippen molar-refractivity contribution in [1.29, 1.82) is 0 Å². The molecule has 0 aliphatic rings. The first-order valence-electron chi connectivity index (χ1n) is 13.7. The number of hydrogen-bond acceptors (Lipinski definition) is 5. The highest BCUT2D eigenvalue weighted by Gasteiger charge is 2.33. The molecule has 0 radical (unpaired) electrons. The summed E-state index contributed by atoms with van der Waals surface area (Å²) in [6, 6.07) is 19.5. The van der Waals surface area contributed by atoms with E-state index in [1.54, 1.807) is 24.3 Å². The summed E-state index contributed by atoms with van der Waals surface area (Å²) < 4.78 is 34.2. The second-order valence-electron chi connectivity index (χ2n) is 9.72. The molecule has 10 heteroatoms. The first kappa shape index (κ1) is 32.0. The maximum atomic E-state index is 14.1. The number of nitrogens with one attached hydrogen (secondary N) is 1. The lowest BCUT2D eigenvalue weighted by molar-refractivity contribution is -0.140. The van der Waals surface area contributed by atoms with Crippen molar-refractivity contribution in [3.63, 3.8) is 0 Å². The molecule has 0 aromatic heterocycles. The molecule has 0 saturated carbocycles. The Morgan fingerprint density at radius 1 is 1.00 bits per heavy atom. The lowest BCUT2D eigenvalue weighted by Gasteiger charge is -2.33. The van der Waals surface area contributed by atoms with Crippen LogP contribution in [-0.4, -0.2) is 51.4 Å². The molecular weight excluding hydrogens is 562 g/mol. The SMILES string of the molecule is CCCCNC(=O)[C@H](CC)N(Cc1ccccc1)C(=O)CN(c1ccc(OC)c(Cl)c1)S(=O)(=O)c1ccc(C)cc1. The van der Waals surface area contributed by atoms with Crippen LogP contribution in [0.15, 0.2) is 77.7 Å². The highest BCUT2D eigenvalue weighted by molar-refractivity contribution is 7.92. The second kappa shape index (κ2) is 14.9. The number of unbranched alkanes of at least 4 members (excludes halogenated alkanes) is 1. The smallest absolute Gasteiger partial charge is 0.264 e. The zero-order valence-electron chi connectivity index (χ0n) is 24.0. The first-order valence-corrected chi connectivity index (χ1v) is 15.5. The van der Waals surface area contributed by atoms with E-state index in [-0.39, 0.29) is 28.1 Å². The minimum Gasteiger partial charge on any atom is -0.495 e. The van der Waals surface area contributed by atoms with E-state index >= 15 is 0 Å². The van der Waals surface area contributed by atoms with Crippen molar-refractivity contribution in [1.82, 2.24) is 10.2 Å². The third-order valence-corrected chi connectivity index (χ3v) is 8.81. The van der Waals surface area contributed by atoms with Crippen molar-refractivity contribution in [2.45, 2.75) is 57.5 Å². The minimum absolute atomic E-state index is 0.0294. The third kappa shape index (κ3) is 8.24. The normalized spacial score (nSPS) is 11.9. The van der Waals surface area contributed by atoms with E-state index in [9.17, 15) is 18.0 Å². The Bertz CT molecular complexity index is 1420. The van der Waals surface area contributed by atoms with Crippen LogP contribution < -0.4 is 14.4 Å². The number of methoxy groups -OCH3 is 1. The number of halogens is 1. The molecule has 3 aromatic carbocycles. The van der Waals surface area contributed by atoms with Gasteiger partial charge in [-0.1, -0.05) is 79.9 Å². The number of carbonyl (C=O) groups excluding carboxylic acids is 2. The van der Waals surface area contributed by atoms with Crippen molar-refractivity contribution in [3.8, 4) is 5.75 Å². The van der Waals surface area contributed by atoms with Crippen molar-refractivity contribution in [2.75, 3.05) is 24.5 Å². The predicted molar refractivity (Wildman–Crippen MR) is 163 cm³/mol. The summed E-state index contributed by atoms with van der Waals surface area (Å²) in [6.07, 6.45) is 2.09. The number of rotatable bonds is 14. The number of aryl methyl sites for hydroxylation is 1. The summed E-state index contributed by atoms with van der Waals surface area (Å²) in [6.45, 7) is 5.82. The van der Waals surface area contributed by atoms with Crippen molar-refractivity contribution in [3.05, 3.63) is 88.9 Å². The monoisotopic (exact) mass is 599 g/mol. The molecule has 8 nitrogen and oxygen atoms in total. The molecule has 0 saturated heterocycles. The van der Waals surface area contributed by atoms with Gasteiger partial charge < -0.3 is 15.0 Å². The molecule has 0 fully saturated rings. The molecule has 1 atom stereocenters. The van der Waals surface area contributed by atoms with E-state index in [1.807, 2.05) is 51.1 Å². The average Bonchev–Trinajstić information content (AvgIpc) is 2.96. The lowest BCUT2D eigenvalue weighted by atomic mass is 10.1. The summed E-state index contributed by atoms with van der Waals surface area (Å²) in [5.74, 6) is -0.422. The molecule has 0 unspecified atom stereocenters. The first-order chi connectivity index (χ1) is 19.6. The van der Waals surface area contributed by atoms with Gasteiger partial charge in [-0.15, -0.1) is 0 Å². The molecule has 0 spiro atoms. The summed E-state index contributed by atoms with van der Waals surface area (Å²) >= 11 is 6.38. The molecule has 3 aromatic rings. The molecule has 1 N–H and O–H groups in total. The van der Waals surface area contributed by atoms with E-state index in [2.05, 4.69) is 5.32 Å². The molecule has 0 aliphatic carbocycles. The van der Waals surface area contributed by atoms with Crippen molar-refractivity contribution in [2.24, 2.45) is 0 Å². The van der Waals surface area contributed by atoms with Crippen LogP contribution in [-0.2, 0) is 26.2 Å². The zero-order chi connectivity index (χ0) is 30.0. The summed E-state index contributed by atoms with van der Waals surface area (Å²) in [5, 5.41) is 3.12. The second-order valence-corrected chi connectivity index (χ2v) is 12.0. The van der Waals surface area contributed by atoms with E-state index in [0.717, 1.165) is 28.3 Å². The fourth-order valence-electron chi connectivity index (χ4n) is 4.38. The number of hydrogen-bond donors (Lipinski definition) is 1. The molecule has 0 bridgehead atoms. The molecule has 0 heterocycles. The number of amides is 2. The largest absolute Gasteiger partial charge is 0.495 e. The quantitative estimate of drug-likeness (QED) is 0.244. The maximum absolute atomic E-state index is 14.1. The van der Waals surface area contributed by atoms with Crippen molar-refractivity contribution >= 4 is 39.1 Å². The fraction of sp³-hybridized carbons (Fsp3) is 0.355. The number of benzene rings is 3. The molecule has 2 amide bonds. The molecule has 220 valence electrons. The number of carbonyl (C=O) groups is 2. The van der Waals surface area contributed by atoms with Gasteiger partial charge >= 0.3 is 0 Å². The van der Waals surface area contributed by atoms with Crippen LogP contribution in [0.1, 0.15) is 44.2 Å². The van der Waals surface area contributed by atoms with Crippen molar-refractivity contribution < 1.29 is 22.7 Å². The van der Waals surface area contributed by atoms with Crippen LogP contribution in [0.3, 0.4) is 0 Å². The van der Waals surface area contributed by atoms with E-state index in [1.165, 1.54) is 30.2 Å².